The lowest BCUT2D eigenvalue weighted by molar-refractivity contribution is 0.514. The van der Waals surface area contributed by atoms with E-state index >= 15 is 0 Å². The lowest BCUT2D eigenvalue weighted by atomic mass is 9.96. The van der Waals surface area contributed by atoms with Crippen LogP contribution in [0.4, 0.5) is 0 Å². The third kappa shape index (κ3) is 3.85. The quantitative estimate of drug-likeness (QED) is 0.705. The Bertz CT molecular complexity index is 448. The first-order valence-corrected chi connectivity index (χ1v) is 8.35. The number of halogens is 1. The Hall–Kier alpha value is -0.280. The maximum Gasteiger partial charge on any atom is 0.136 e. The second kappa shape index (κ2) is 6.01. The van der Waals surface area contributed by atoms with Crippen LogP contribution in [-0.2, 0) is 5.41 Å². The minimum absolute atomic E-state index is 0.0563. The Kier molecular flexibility index (Phi) is 4.78. The van der Waals surface area contributed by atoms with Gasteiger partial charge >= 0.3 is 0 Å². The topological polar surface area (TPSA) is 25.8 Å². The molecular weight excluding hydrogens is 276 g/mol. The van der Waals surface area contributed by atoms with Gasteiger partial charge in [-0.2, -0.15) is 0 Å². The van der Waals surface area contributed by atoms with E-state index in [1.165, 1.54) is 32.1 Å². The number of aromatic nitrogens is 2. The largest absolute Gasteiger partial charge is 0.226 e. The summed E-state index contributed by atoms with van der Waals surface area (Å²) in [5, 5.41) is 2.39. The summed E-state index contributed by atoms with van der Waals surface area (Å²) >= 11 is 8.18. The van der Waals surface area contributed by atoms with E-state index in [9.17, 15) is 0 Å². The van der Waals surface area contributed by atoms with Gasteiger partial charge in [0.1, 0.15) is 16.0 Å². The Morgan fingerprint density at radius 3 is 2.32 bits per heavy atom. The van der Waals surface area contributed by atoms with Gasteiger partial charge in [0.2, 0.25) is 0 Å². The molecule has 2 rings (SSSR count). The van der Waals surface area contributed by atoms with Crippen molar-refractivity contribution >= 4 is 23.4 Å². The van der Waals surface area contributed by atoms with Crippen LogP contribution in [0, 0.1) is 6.92 Å². The van der Waals surface area contributed by atoms with Crippen molar-refractivity contribution in [1.82, 2.24) is 9.97 Å². The molecule has 2 nitrogen and oxygen atoms in total. The molecule has 0 aliphatic heterocycles. The van der Waals surface area contributed by atoms with E-state index in [2.05, 4.69) is 25.8 Å². The highest BCUT2D eigenvalue weighted by Gasteiger charge is 2.23. The van der Waals surface area contributed by atoms with Gasteiger partial charge in [0, 0.05) is 16.2 Å². The van der Waals surface area contributed by atoms with Gasteiger partial charge in [0.25, 0.3) is 0 Å². The van der Waals surface area contributed by atoms with Crippen molar-refractivity contribution in [3.05, 3.63) is 16.5 Å². The number of thioether (sulfide) groups is 1. The van der Waals surface area contributed by atoms with Crippen LogP contribution in [0.25, 0.3) is 0 Å². The molecule has 1 aromatic rings. The maximum absolute atomic E-state index is 6.28. The Morgan fingerprint density at radius 2 is 1.74 bits per heavy atom. The minimum atomic E-state index is -0.0563. The van der Waals surface area contributed by atoms with Crippen molar-refractivity contribution in [2.75, 3.05) is 0 Å². The van der Waals surface area contributed by atoms with Gasteiger partial charge in [0.05, 0.1) is 0 Å². The standard InChI is InChI=1S/C15H23ClN2S/c1-10-12(16)17-14(15(2,3)4)18-13(10)19-11-8-6-5-7-9-11/h11H,5-9H2,1-4H3. The molecule has 0 aromatic carbocycles. The molecule has 19 heavy (non-hydrogen) atoms. The van der Waals surface area contributed by atoms with Crippen LogP contribution in [0.1, 0.15) is 64.3 Å². The average Bonchev–Trinajstić information content (AvgIpc) is 2.34. The Morgan fingerprint density at radius 1 is 1.11 bits per heavy atom. The predicted octanol–water partition coefficient (Wildman–Crippen LogP) is 5.16. The second-order valence-electron chi connectivity index (χ2n) is 6.40. The molecule has 0 saturated heterocycles. The van der Waals surface area contributed by atoms with Crippen molar-refractivity contribution in [1.29, 1.82) is 0 Å². The predicted molar refractivity (Wildman–Crippen MR) is 83.2 cm³/mol. The molecule has 0 N–H and O–H groups in total. The molecule has 4 heteroatoms. The molecule has 106 valence electrons. The van der Waals surface area contributed by atoms with Crippen LogP contribution in [0.15, 0.2) is 5.03 Å². The molecule has 0 spiro atoms. The van der Waals surface area contributed by atoms with Crippen LogP contribution < -0.4 is 0 Å². The average molecular weight is 299 g/mol. The van der Waals surface area contributed by atoms with Crippen molar-refractivity contribution in [3.8, 4) is 0 Å². The third-order valence-corrected chi connectivity index (χ3v) is 5.34. The fraction of sp³-hybridized carbons (Fsp3) is 0.733. The molecule has 1 saturated carbocycles. The van der Waals surface area contributed by atoms with Crippen LogP contribution >= 0.6 is 23.4 Å². The van der Waals surface area contributed by atoms with Gasteiger partial charge in [-0.15, -0.1) is 11.8 Å². The van der Waals surface area contributed by atoms with E-state index in [1.807, 2.05) is 18.7 Å². The van der Waals surface area contributed by atoms with Crippen LogP contribution in [-0.4, -0.2) is 15.2 Å². The zero-order valence-corrected chi connectivity index (χ0v) is 13.9. The van der Waals surface area contributed by atoms with Gasteiger partial charge in [-0.05, 0) is 19.8 Å². The van der Waals surface area contributed by atoms with Crippen molar-refractivity contribution in [3.63, 3.8) is 0 Å². The molecular formula is C15H23ClN2S. The lowest BCUT2D eigenvalue weighted by Gasteiger charge is -2.23. The van der Waals surface area contributed by atoms with Gasteiger partial charge in [-0.3, -0.25) is 0 Å². The van der Waals surface area contributed by atoms with E-state index < -0.39 is 0 Å². The van der Waals surface area contributed by atoms with Crippen LogP contribution in [0.3, 0.4) is 0 Å². The van der Waals surface area contributed by atoms with E-state index in [1.54, 1.807) is 0 Å². The molecule has 1 aromatic heterocycles. The van der Waals surface area contributed by atoms with E-state index in [0.717, 1.165) is 16.4 Å². The molecule has 1 heterocycles. The van der Waals surface area contributed by atoms with E-state index in [4.69, 9.17) is 16.6 Å². The third-order valence-electron chi connectivity index (χ3n) is 3.54. The van der Waals surface area contributed by atoms with Crippen LogP contribution in [0.5, 0.6) is 0 Å². The summed E-state index contributed by atoms with van der Waals surface area (Å²) in [5.41, 5.74) is 0.976. The Balaban J connectivity index is 2.25. The molecule has 0 amide bonds. The molecule has 0 radical (unpaired) electrons. The first-order chi connectivity index (χ1) is 8.88. The zero-order valence-electron chi connectivity index (χ0n) is 12.3. The summed E-state index contributed by atoms with van der Waals surface area (Å²) < 4.78 is 0. The lowest BCUT2D eigenvalue weighted by Crippen LogP contribution is -2.18. The molecule has 1 fully saturated rings. The number of hydrogen-bond donors (Lipinski definition) is 0. The number of rotatable bonds is 2. The Labute approximate surface area is 125 Å². The van der Waals surface area contributed by atoms with E-state index in [-0.39, 0.29) is 5.41 Å². The molecule has 0 bridgehead atoms. The van der Waals surface area contributed by atoms with Gasteiger partial charge in [-0.1, -0.05) is 51.6 Å². The second-order valence-corrected chi connectivity index (χ2v) is 8.04. The van der Waals surface area contributed by atoms with Crippen molar-refractivity contribution < 1.29 is 0 Å². The first-order valence-electron chi connectivity index (χ1n) is 7.09. The fourth-order valence-corrected chi connectivity index (χ4v) is 3.78. The van der Waals surface area contributed by atoms with Crippen molar-refractivity contribution in [2.45, 2.75) is 75.5 Å². The highest BCUT2D eigenvalue weighted by Crippen LogP contribution is 2.36. The fourth-order valence-electron chi connectivity index (χ4n) is 2.26. The monoisotopic (exact) mass is 298 g/mol. The SMILES string of the molecule is Cc1c(Cl)nc(C(C)(C)C)nc1SC1CCCCC1. The maximum atomic E-state index is 6.28. The summed E-state index contributed by atoms with van der Waals surface area (Å²) in [4.78, 5) is 9.20. The normalized spacial score (nSPS) is 17.7. The van der Waals surface area contributed by atoms with Gasteiger partial charge in [0.15, 0.2) is 0 Å². The highest BCUT2D eigenvalue weighted by atomic mass is 35.5. The molecule has 1 aliphatic carbocycles. The van der Waals surface area contributed by atoms with Crippen molar-refractivity contribution in [2.24, 2.45) is 0 Å². The molecule has 0 atom stereocenters. The van der Waals surface area contributed by atoms with Gasteiger partial charge < -0.3 is 0 Å². The minimum Gasteiger partial charge on any atom is -0.226 e. The summed E-state index contributed by atoms with van der Waals surface area (Å²) in [6.07, 6.45) is 6.68. The van der Waals surface area contributed by atoms with E-state index in [0.29, 0.717) is 10.4 Å². The zero-order chi connectivity index (χ0) is 14.0. The first kappa shape index (κ1) is 15.1. The van der Waals surface area contributed by atoms with Crippen LogP contribution in [0.2, 0.25) is 5.15 Å². The van der Waals surface area contributed by atoms with Gasteiger partial charge in [-0.25, -0.2) is 9.97 Å². The smallest absolute Gasteiger partial charge is 0.136 e. The summed E-state index contributed by atoms with van der Waals surface area (Å²) in [7, 11) is 0. The summed E-state index contributed by atoms with van der Waals surface area (Å²) in [6, 6.07) is 0. The molecule has 1 aliphatic rings. The number of hydrogen-bond acceptors (Lipinski definition) is 3. The number of nitrogens with zero attached hydrogens (tertiary/aromatic N) is 2. The highest BCUT2D eigenvalue weighted by molar-refractivity contribution is 7.99. The molecule has 0 unspecified atom stereocenters. The summed E-state index contributed by atoms with van der Waals surface area (Å²) in [5.74, 6) is 0.849. The summed E-state index contributed by atoms with van der Waals surface area (Å²) in [6.45, 7) is 8.41.